The smallest absolute Gasteiger partial charge is 0.0235 e. The van der Waals surface area contributed by atoms with Gasteiger partial charge in [0.1, 0.15) is 0 Å². The summed E-state index contributed by atoms with van der Waals surface area (Å²) < 4.78 is 0. The molecule has 0 aromatic rings. The highest BCUT2D eigenvalue weighted by Crippen LogP contribution is 2.20. The van der Waals surface area contributed by atoms with Crippen LogP contribution < -0.4 is 0 Å². The van der Waals surface area contributed by atoms with Gasteiger partial charge in [0.15, 0.2) is 0 Å². The van der Waals surface area contributed by atoms with Crippen molar-refractivity contribution in [2.45, 2.75) is 31.7 Å². The fourth-order valence-corrected chi connectivity index (χ4v) is 2.95. The maximum atomic E-state index is 3.50. The van der Waals surface area contributed by atoms with Gasteiger partial charge in [-0.2, -0.15) is 0 Å². The maximum absolute atomic E-state index is 3.50. The Balaban J connectivity index is 1.71. The topological polar surface area (TPSA) is 6.48 Å². The minimum absolute atomic E-state index is 0.882. The number of alkyl halides is 1. The predicted octanol–water partition coefficient (Wildman–Crippen LogP) is 1.94. The summed E-state index contributed by atoms with van der Waals surface area (Å²) in [6.45, 7) is 6.66. The lowest BCUT2D eigenvalue weighted by Gasteiger charge is -2.23. The molecule has 2 aliphatic heterocycles. The fourth-order valence-electron chi connectivity index (χ4n) is 2.70. The zero-order valence-electron chi connectivity index (χ0n) is 8.92. The summed E-state index contributed by atoms with van der Waals surface area (Å²) in [5.74, 6) is 0. The third kappa shape index (κ3) is 2.71. The Kier molecular flexibility index (Phi) is 4.26. The minimum Gasteiger partial charge on any atom is -0.302 e. The molecule has 2 rings (SSSR count). The van der Waals surface area contributed by atoms with E-state index in [1.807, 2.05) is 0 Å². The molecule has 1 atom stereocenters. The monoisotopic (exact) mass is 260 g/mol. The van der Waals surface area contributed by atoms with Gasteiger partial charge in [0, 0.05) is 17.9 Å². The van der Waals surface area contributed by atoms with Gasteiger partial charge in [-0.05, 0) is 51.9 Å². The zero-order chi connectivity index (χ0) is 9.80. The van der Waals surface area contributed by atoms with Gasteiger partial charge in [-0.15, -0.1) is 0 Å². The molecule has 1 unspecified atom stereocenters. The molecule has 0 N–H and O–H groups in total. The summed E-state index contributed by atoms with van der Waals surface area (Å²) in [7, 11) is 0. The van der Waals surface area contributed by atoms with Gasteiger partial charge in [0.25, 0.3) is 0 Å². The Morgan fingerprint density at radius 3 is 2.64 bits per heavy atom. The molecule has 0 aliphatic carbocycles. The summed E-state index contributed by atoms with van der Waals surface area (Å²) in [6.07, 6.45) is 5.56. The number of hydrogen-bond donors (Lipinski definition) is 0. The summed E-state index contributed by atoms with van der Waals surface area (Å²) in [6, 6.07) is 0.882. The molecule has 14 heavy (non-hydrogen) atoms. The fraction of sp³-hybridized carbons (Fsp3) is 1.00. The molecule has 0 saturated carbocycles. The van der Waals surface area contributed by atoms with E-state index in [9.17, 15) is 0 Å². The van der Waals surface area contributed by atoms with Crippen LogP contribution in [0.3, 0.4) is 0 Å². The highest BCUT2D eigenvalue weighted by Gasteiger charge is 2.28. The second-order valence-electron chi connectivity index (χ2n) is 4.53. The quantitative estimate of drug-likeness (QED) is 0.714. The SMILES string of the molecule is BrCCCN1CCC(N2CCCC2)C1. The molecule has 0 amide bonds. The zero-order valence-corrected chi connectivity index (χ0v) is 10.5. The van der Waals surface area contributed by atoms with Crippen molar-refractivity contribution in [3.8, 4) is 0 Å². The third-order valence-electron chi connectivity index (χ3n) is 3.51. The average Bonchev–Trinajstić information content (AvgIpc) is 2.85. The summed E-state index contributed by atoms with van der Waals surface area (Å²) in [5.41, 5.74) is 0. The van der Waals surface area contributed by atoms with Crippen molar-refractivity contribution >= 4 is 15.9 Å². The maximum Gasteiger partial charge on any atom is 0.0235 e. The van der Waals surface area contributed by atoms with E-state index in [1.54, 1.807) is 0 Å². The minimum atomic E-state index is 0.882. The third-order valence-corrected chi connectivity index (χ3v) is 4.07. The first-order chi connectivity index (χ1) is 6.90. The van der Waals surface area contributed by atoms with Crippen LogP contribution in [0.25, 0.3) is 0 Å². The normalized spacial score (nSPS) is 30.2. The Labute approximate surface area is 95.8 Å². The van der Waals surface area contributed by atoms with Crippen molar-refractivity contribution in [2.24, 2.45) is 0 Å². The molecular formula is C11H21BrN2. The van der Waals surface area contributed by atoms with Crippen molar-refractivity contribution in [2.75, 3.05) is 38.1 Å². The number of nitrogens with zero attached hydrogens (tertiary/aromatic N) is 2. The molecular weight excluding hydrogens is 240 g/mol. The molecule has 82 valence electrons. The number of likely N-dealkylation sites (tertiary alicyclic amines) is 2. The van der Waals surface area contributed by atoms with Gasteiger partial charge in [0.05, 0.1) is 0 Å². The summed E-state index contributed by atoms with van der Waals surface area (Å²) >= 11 is 3.50. The van der Waals surface area contributed by atoms with E-state index in [4.69, 9.17) is 0 Å². The van der Waals surface area contributed by atoms with E-state index in [2.05, 4.69) is 25.7 Å². The molecule has 0 aromatic carbocycles. The van der Waals surface area contributed by atoms with E-state index >= 15 is 0 Å². The van der Waals surface area contributed by atoms with Crippen molar-refractivity contribution in [3.63, 3.8) is 0 Å². The molecule has 2 heterocycles. The van der Waals surface area contributed by atoms with Crippen molar-refractivity contribution < 1.29 is 0 Å². The Bertz CT molecular complexity index is 169. The summed E-state index contributed by atoms with van der Waals surface area (Å²) in [5, 5.41) is 1.15. The molecule has 2 fully saturated rings. The van der Waals surface area contributed by atoms with Crippen LogP contribution in [0, 0.1) is 0 Å². The first-order valence-corrected chi connectivity index (χ1v) is 7.04. The van der Waals surface area contributed by atoms with Crippen molar-refractivity contribution in [1.82, 2.24) is 9.80 Å². The lowest BCUT2D eigenvalue weighted by Crippen LogP contribution is -2.35. The average molecular weight is 261 g/mol. The molecule has 2 aliphatic rings. The van der Waals surface area contributed by atoms with Crippen LogP contribution in [0.2, 0.25) is 0 Å². The number of rotatable bonds is 4. The number of hydrogen-bond acceptors (Lipinski definition) is 2. The van der Waals surface area contributed by atoms with Gasteiger partial charge in [0.2, 0.25) is 0 Å². The molecule has 0 bridgehead atoms. The predicted molar refractivity (Wildman–Crippen MR) is 64.1 cm³/mol. The highest BCUT2D eigenvalue weighted by molar-refractivity contribution is 9.09. The van der Waals surface area contributed by atoms with Crippen LogP contribution in [-0.4, -0.2) is 53.9 Å². The molecule has 0 radical (unpaired) electrons. The Hall–Kier alpha value is 0.400. The van der Waals surface area contributed by atoms with Crippen molar-refractivity contribution in [1.29, 1.82) is 0 Å². The van der Waals surface area contributed by atoms with Crippen LogP contribution >= 0.6 is 15.9 Å². The van der Waals surface area contributed by atoms with Gasteiger partial charge >= 0.3 is 0 Å². The van der Waals surface area contributed by atoms with Gasteiger partial charge in [-0.3, -0.25) is 4.90 Å². The highest BCUT2D eigenvalue weighted by atomic mass is 79.9. The van der Waals surface area contributed by atoms with E-state index < -0.39 is 0 Å². The molecule has 2 nitrogen and oxygen atoms in total. The van der Waals surface area contributed by atoms with Gasteiger partial charge in [-0.1, -0.05) is 15.9 Å². The largest absolute Gasteiger partial charge is 0.302 e. The Morgan fingerprint density at radius 2 is 1.93 bits per heavy atom. The van der Waals surface area contributed by atoms with Crippen LogP contribution in [-0.2, 0) is 0 Å². The first-order valence-electron chi connectivity index (χ1n) is 5.92. The van der Waals surface area contributed by atoms with Crippen LogP contribution in [0.4, 0.5) is 0 Å². The van der Waals surface area contributed by atoms with Crippen LogP contribution in [0.5, 0.6) is 0 Å². The molecule has 0 spiro atoms. The standard InChI is InChI=1S/C11H21BrN2/c12-5-3-6-13-9-4-11(10-13)14-7-1-2-8-14/h11H,1-10H2. The second kappa shape index (κ2) is 5.47. The second-order valence-corrected chi connectivity index (χ2v) is 5.32. The van der Waals surface area contributed by atoms with E-state index in [1.165, 1.54) is 58.4 Å². The van der Waals surface area contributed by atoms with E-state index in [0.717, 1.165) is 11.4 Å². The molecule has 0 aromatic heterocycles. The molecule has 3 heteroatoms. The Morgan fingerprint density at radius 1 is 1.14 bits per heavy atom. The number of halogens is 1. The van der Waals surface area contributed by atoms with Crippen LogP contribution in [0.1, 0.15) is 25.7 Å². The van der Waals surface area contributed by atoms with Gasteiger partial charge < -0.3 is 4.90 Å². The van der Waals surface area contributed by atoms with Gasteiger partial charge in [-0.25, -0.2) is 0 Å². The van der Waals surface area contributed by atoms with E-state index in [0.29, 0.717) is 0 Å². The first kappa shape index (κ1) is 10.9. The molecule has 2 saturated heterocycles. The van der Waals surface area contributed by atoms with Crippen LogP contribution in [0.15, 0.2) is 0 Å². The van der Waals surface area contributed by atoms with E-state index in [-0.39, 0.29) is 0 Å². The summed E-state index contributed by atoms with van der Waals surface area (Å²) in [4.78, 5) is 5.33. The lowest BCUT2D eigenvalue weighted by atomic mass is 10.2. The lowest BCUT2D eigenvalue weighted by molar-refractivity contribution is 0.232. The van der Waals surface area contributed by atoms with Crippen molar-refractivity contribution in [3.05, 3.63) is 0 Å².